The molecule has 0 aromatic heterocycles. The van der Waals surface area contributed by atoms with Crippen LogP contribution in [0, 0.1) is 0 Å². The molecule has 7 heteroatoms. The first-order chi connectivity index (χ1) is 14.1. The van der Waals surface area contributed by atoms with Gasteiger partial charge in [-0.1, -0.05) is 19.4 Å². The Kier molecular flexibility index (Phi) is 6.94. The summed E-state index contributed by atoms with van der Waals surface area (Å²) in [7, 11) is 0. The Hall–Kier alpha value is -3.22. The largest absolute Gasteiger partial charge is 0.494 e. The van der Waals surface area contributed by atoms with Gasteiger partial charge in [-0.2, -0.15) is 0 Å². The van der Waals surface area contributed by atoms with E-state index in [-0.39, 0.29) is 25.3 Å². The van der Waals surface area contributed by atoms with E-state index in [4.69, 9.17) is 18.9 Å². The minimum atomic E-state index is -0.559. The number of hydrogen-bond donors (Lipinski definition) is 1. The number of hydrogen-bond acceptors (Lipinski definition) is 6. The van der Waals surface area contributed by atoms with E-state index in [1.807, 2.05) is 19.1 Å². The summed E-state index contributed by atoms with van der Waals surface area (Å²) >= 11 is 0. The standard InChI is InChI=1S/C22H25NO6/c1-3-4-11-26-18-8-5-16(6-9-18)22(25)27-13-21(24)23-15(2)17-7-10-19-20(12-17)29-14-28-19/h5-10,12,15H,3-4,11,13-14H2,1-2H3,(H,23,24)/t15-/m1/s1. The highest BCUT2D eigenvalue weighted by molar-refractivity contribution is 5.91. The number of fused-ring (bicyclic) bond motifs is 1. The smallest absolute Gasteiger partial charge is 0.338 e. The number of esters is 1. The van der Waals surface area contributed by atoms with Crippen LogP contribution in [0.2, 0.25) is 0 Å². The molecule has 1 aliphatic heterocycles. The van der Waals surface area contributed by atoms with Crippen LogP contribution >= 0.6 is 0 Å². The van der Waals surface area contributed by atoms with Crippen molar-refractivity contribution in [1.29, 1.82) is 0 Å². The van der Waals surface area contributed by atoms with Crippen LogP contribution in [0.5, 0.6) is 17.2 Å². The van der Waals surface area contributed by atoms with Crippen molar-refractivity contribution in [3.8, 4) is 17.2 Å². The minimum Gasteiger partial charge on any atom is -0.494 e. The average Bonchev–Trinajstić information content (AvgIpc) is 3.20. The number of carbonyl (C=O) groups is 2. The Morgan fingerprint density at radius 3 is 2.62 bits per heavy atom. The van der Waals surface area contributed by atoms with Gasteiger partial charge in [0.15, 0.2) is 18.1 Å². The number of ether oxygens (including phenoxy) is 4. The van der Waals surface area contributed by atoms with Crippen molar-refractivity contribution in [3.63, 3.8) is 0 Å². The second kappa shape index (κ2) is 9.82. The monoisotopic (exact) mass is 399 g/mol. The molecule has 0 saturated heterocycles. The van der Waals surface area contributed by atoms with Gasteiger partial charge >= 0.3 is 5.97 Å². The molecule has 1 N–H and O–H groups in total. The molecule has 1 atom stereocenters. The predicted molar refractivity (Wildman–Crippen MR) is 106 cm³/mol. The summed E-state index contributed by atoms with van der Waals surface area (Å²) in [6, 6.07) is 11.9. The predicted octanol–water partition coefficient (Wildman–Crippen LogP) is 3.63. The van der Waals surface area contributed by atoms with Crippen molar-refractivity contribution in [1.82, 2.24) is 5.32 Å². The molecule has 29 heavy (non-hydrogen) atoms. The lowest BCUT2D eigenvalue weighted by atomic mass is 10.1. The van der Waals surface area contributed by atoms with E-state index < -0.39 is 5.97 Å². The van der Waals surface area contributed by atoms with E-state index in [9.17, 15) is 9.59 Å². The van der Waals surface area contributed by atoms with Crippen LogP contribution in [0.1, 0.15) is 48.7 Å². The van der Waals surface area contributed by atoms with Gasteiger partial charge in [0.1, 0.15) is 5.75 Å². The second-order valence-corrected chi connectivity index (χ2v) is 6.70. The lowest BCUT2D eigenvalue weighted by molar-refractivity contribution is -0.124. The third-order valence-corrected chi connectivity index (χ3v) is 4.47. The number of rotatable bonds is 9. The van der Waals surface area contributed by atoms with Gasteiger partial charge < -0.3 is 24.3 Å². The van der Waals surface area contributed by atoms with Gasteiger partial charge in [-0.15, -0.1) is 0 Å². The summed E-state index contributed by atoms with van der Waals surface area (Å²) < 4.78 is 21.3. The molecule has 1 aliphatic rings. The summed E-state index contributed by atoms with van der Waals surface area (Å²) in [6.07, 6.45) is 2.03. The lowest BCUT2D eigenvalue weighted by Gasteiger charge is -2.15. The first-order valence-corrected chi connectivity index (χ1v) is 9.65. The number of benzene rings is 2. The molecule has 7 nitrogen and oxygen atoms in total. The Morgan fingerprint density at radius 1 is 1.10 bits per heavy atom. The first-order valence-electron chi connectivity index (χ1n) is 9.65. The van der Waals surface area contributed by atoms with Crippen LogP contribution in [0.3, 0.4) is 0 Å². The number of amides is 1. The third kappa shape index (κ3) is 5.63. The summed E-state index contributed by atoms with van der Waals surface area (Å²) in [5.74, 6) is 1.09. The summed E-state index contributed by atoms with van der Waals surface area (Å²) in [5, 5.41) is 2.80. The second-order valence-electron chi connectivity index (χ2n) is 6.70. The molecule has 154 valence electrons. The Balaban J connectivity index is 1.45. The fourth-order valence-electron chi connectivity index (χ4n) is 2.78. The van der Waals surface area contributed by atoms with Crippen LogP contribution in [-0.2, 0) is 9.53 Å². The van der Waals surface area contributed by atoms with E-state index in [1.165, 1.54) is 0 Å². The molecular weight excluding hydrogens is 374 g/mol. The van der Waals surface area contributed by atoms with Gasteiger partial charge in [0, 0.05) is 0 Å². The average molecular weight is 399 g/mol. The number of carbonyl (C=O) groups excluding carboxylic acids is 2. The zero-order valence-corrected chi connectivity index (χ0v) is 16.6. The first kappa shape index (κ1) is 20.5. The highest BCUT2D eigenvalue weighted by Gasteiger charge is 2.17. The van der Waals surface area contributed by atoms with Gasteiger partial charge in [0.2, 0.25) is 6.79 Å². The van der Waals surface area contributed by atoms with Crippen LogP contribution < -0.4 is 19.5 Å². The molecule has 2 aromatic carbocycles. The lowest BCUT2D eigenvalue weighted by Crippen LogP contribution is -2.31. The highest BCUT2D eigenvalue weighted by atomic mass is 16.7. The van der Waals surface area contributed by atoms with Crippen molar-refractivity contribution < 1.29 is 28.5 Å². The van der Waals surface area contributed by atoms with Crippen LogP contribution in [0.15, 0.2) is 42.5 Å². The van der Waals surface area contributed by atoms with Gasteiger partial charge in [-0.25, -0.2) is 4.79 Å². The molecule has 1 heterocycles. The van der Waals surface area contributed by atoms with Crippen LogP contribution in [0.25, 0.3) is 0 Å². The number of unbranched alkanes of at least 4 members (excludes halogenated alkanes) is 1. The van der Waals surface area contributed by atoms with E-state index in [0.717, 1.165) is 18.4 Å². The molecule has 2 aromatic rings. The van der Waals surface area contributed by atoms with Crippen LogP contribution in [-0.4, -0.2) is 31.9 Å². The zero-order chi connectivity index (χ0) is 20.6. The van der Waals surface area contributed by atoms with E-state index in [2.05, 4.69) is 12.2 Å². The van der Waals surface area contributed by atoms with Crippen molar-refractivity contribution >= 4 is 11.9 Å². The quantitative estimate of drug-likeness (QED) is 0.512. The van der Waals surface area contributed by atoms with Crippen molar-refractivity contribution in [3.05, 3.63) is 53.6 Å². The van der Waals surface area contributed by atoms with E-state index in [1.54, 1.807) is 30.3 Å². The molecule has 3 rings (SSSR count). The minimum absolute atomic E-state index is 0.196. The molecule has 0 spiro atoms. The molecule has 0 aliphatic carbocycles. The fraction of sp³-hybridized carbons (Fsp3) is 0.364. The van der Waals surface area contributed by atoms with Crippen LogP contribution in [0.4, 0.5) is 0 Å². The SMILES string of the molecule is CCCCOc1ccc(C(=O)OCC(=O)N[C@H](C)c2ccc3c(c2)OCO3)cc1. The normalized spacial score (nSPS) is 12.9. The molecule has 0 bridgehead atoms. The van der Waals surface area contributed by atoms with Gasteiger partial charge in [0.05, 0.1) is 18.2 Å². The van der Waals surface area contributed by atoms with Gasteiger partial charge in [-0.3, -0.25) is 4.79 Å². The maximum Gasteiger partial charge on any atom is 0.338 e. The van der Waals surface area contributed by atoms with Crippen molar-refractivity contribution in [2.75, 3.05) is 20.0 Å². The Labute approximate surface area is 169 Å². The topological polar surface area (TPSA) is 83.1 Å². The maximum absolute atomic E-state index is 12.1. The van der Waals surface area contributed by atoms with Gasteiger partial charge in [-0.05, 0) is 55.3 Å². The van der Waals surface area contributed by atoms with Crippen molar-refractivity contribution in [2.24, 2.45) is 0 Å². The molecule has 0 fully saturated rings. The maximum atomic E-state index is 12.1. The van der Waals surface area contributed by atoms with E-state index in [0.29, 0.717) is 29.4 Å². The molecule has 1 amide bonds. The fourth-order valence-corrected chi connectivity index (χ4v) is 2.78. The molecular formula is C22H25NO6. The summed E-state index contributed by atoms with van der Waals surface area (Å²) in [5.41, 5.74) is 1.23. The summed E-state index contributed by atoms with van der Waals surface area (Å²) in [4.78, 5) is 24.3. The summed E-state index contributed by atoms with van der Waals surface area (Å²) in [6.45, 7) is 4.41. The third-order valence-electron chi connectivity index (χ3n) is 4.47. The highest BCUT2D eigenvalue weighted by Crippen LogP contribution is 2.34. The zero-order valence-electron chi connectivity index (χ0n) is 16.6. The number of nitrogens with one attached hydrogen (secondary N) is 1. The van der Waals surface area contributed by atoms with Crippen molar-refractivity contribution in [2.45, 2.75) is 32.7 Å². The van der Waals surface area contributed by atoms with E-state index >= 15 is 0 Å². The molecule has 0 saturated carbocycles. The Bertz CT molecular complexity index is 849. The Morgan fingerprint density at radius 2 is 1.86 bits per heavy atom. The van der Waals surface area contributed by atoms with Gasteiger partial charge in [0.25, 0.3) is 5.91 Å². The molecule has 0 radical (unpaired) electrons. The molecule has 0 unspecified atom stereocenters.